The van der Waals surface area contributed by atoms with Crippen LogP contribution in [0.5, 0.6) is 0 Å². The van der Waals surface area contributed by atoms with Crippen LogP contribution in [-0.2, 0) is 10.3 Å². The maximum Gasteiger partial charge on any atom is 0.408 e. The van der Waals surface area contributed by atoms with E-state index in [0.717, 1.165) is 73.4 Å². The molecule has 6 rings (SSSR count). The number of nitrogens with one attached hydrogen (secondary N) is 1. The van der Waals surface area contributed by atoms with Gasteiger partial charge in [0.2, 0.25) is 0 Å². The number of rotatable bonds is 9. The largest absolute Gasteiger partial charge is 0.433 e. The van der Waals surface area contributed by atoms with Gasteiger partial charge >= 0.3 is 12.3 Å². The summed E-state index contributed by atoms with van der Waals surface area (Å²) < 4.78 is 44.7. The zero-order valence-corrected chi connectivity index (χ0v) is 25.4. The van der Waals surface area contributed by atoms with Crippen molar-refractivity contribution in [3.8, 4) is 22.3 Å². The minimum Gasteiger partial charge on any atom is -0.433 e. The predicted molar refractivity (Wildman–Crippen MR) is 172 cm³/mol. The molecule has 45 heavy (non-hydrogen) atoms. The van der Waals surface area contributed by atoms with Crippen LogP contribution in [0.15, 0.2) is 97.1 Å². The van der Waals surface area contributed by atoms with Gasteiger partial charge in [-0.1, -0.05) is 90.5 Å². The highest BCUT2D eigenvalue weighted by atomic mass is 19.4. The molecule has 4 aromatic carbocycles. The number of alkyl halides is 3. The Hall–Kier alpha value is -4.30. The molecule has 2 aliphatic rings. The van der Waals surface area contributed by atoms with Crippen LogP contribution in [0.1, 0.15) is 36.0 Å². The number of benzene rings is 4. The summed E-state index contributed by atoms with van der Waals surface area (Å²) in [5, 5.41) is 1.92. The Morgan fingerprint density at radius 1 is 0.800 bits per heavy atom. The lowest BCUT2D eigenvalue weighted by molar-refractivity contribution is -0.124. The van der Waals surface area contributed by atoms with Gasteiger partial charge in [-0.15, -0.1) is 0 Å². The Balaban J connectivity index is 1.09. The average molecular weight is 614 g/mol. The molecule has 4 aromatic rings. The van der Waals surface area contributed by atoms with E-state index < -0.39 is 24.4 Å². The summed E-state index contributed by atoms with van der Waals surface area (Å²) in [7, 11) is 0. The highest BCUT2D eigenvalue weighted by Gasteiger charge is 2.46. The van der Waals surface area contributed by atoms with Crippen LogP contribution in [-0.4, -0.2) is 56.4 Å². The van der Waals surface area contributed by atoms with Crippen molar-refractivity contribution < 1.29 is 22.7 Å². The van der Waals surface area contributed by atoms with Gasteiger partial charge in [-0.3, -0.25) is 4.90 Å². The highest BCUT2D eigenvalue weighted by molar-refractivity contribution is 5.82. The molecule has 0 saturated carbocycles. The van der Waals surface area contributed by atoms with Crippen LogP contribution in [0.4, 0.5) is 23.7 Å². The maximum atomic E-state index is 12.9. The standard InChI is InChI=1S/C37H38F3N3O2/c1-27-13-18-32-31-11-5-6-12-33(31)36(34(32)25-27,45-35(44)41-26-37(38,39)40)19-7-8-20-42-21-23-43(24-22-42)30-16-14-29(15-17-30)28-9-3-2-4-10-28/h2-6,9-18,25H,7-8,19-24,26H2,1H3,(H,41,44). The summed E-state index contributed by atoms with van der Waals surface area (Å²) in [6.45, 7) is 5.22. The molecule has 1 atom stereocenters. The molecule has 8 heteroatoms. The number of anilines is 1. The number of carbonyl (C=O) groups is 1. The van der Waals surface area contributed by atoms with E-state index >= 15 is 0 Å². The van der Waals surface area contributed by atoms with Crippen LogP contribution < -0.4 is 10.2 Å². The molecular weight excluding hydrogens is 575 g/mol. The van der Waals surface area contributed by atoms with Gasteiger partial charge in [-0.2, -0.15) is 13.2 Å². The molecule has 1 fully saturated rings. The van der Waals surface area contributed by atoms with E-state index in [1.54, 1.807) is 0 Å². The summed E-state index contributed by atoms with van der Waals surface area (Å²) >= 11 is 0. The number of unbranched alkanes of at least 4 members (excludes halogenated alkanes) is 1. The third-order valence-corrected chi connectivity index (χ3v) is 8.93. The first-order chi connectivity index (χ1) is 21.7. The number of aryl methyl sites for hydroxylation is 1. The zero-order valence-electron chi connectivity index (χ0n) is 25.4. The number of piperazine rings is 1. The van der Waals surface area contributed by atoms with Crippen molar-refractivity contribution in [2.45, 2.75) is 38.0 Å². The summed E-state index contributed by atoms with van der Waals surface area (Å²) in [5.74, 6) is 0. The minimum atomic E-state index is -4.52. The molecule has 1 amide bonds. The van der Waals surface area contributed by atoms with Gasteiger partial charge in [-0.25, -0.2) is 4.79 Å². The lowest BCUT2D eigenvalue weighted by atomic mass is 9.85. The number of alkyl carbamates (subject to hydrolysis) is 1. The lowest BCUT2D eigenvalue weighted by Crippen LogP contribution is -2.46. The van der Waals surface area contributed by atoms with Crippen molar-refractivity contribution in [1.82, 2.24) is 10.2 Å². The molecule has 0 radical (unpaired) electrons. The van der Waals surface area contributed by atoms with Gasteiger partial charge in [-0.05, 0) is 67.1 Å². The van der Waals surface area contributed by atoms with E-state index in [1.165, 1.54) is 16.8 Å². The maximum absolute atomic E-state index is 12.9. The number of fused-ring (bicyclic) bond motifs is 3. The molecule has 0 spiro atoms. The van der Waals surface area contributed by atoms with Crippen molar-refractivity contribution in [1.29, 1.82) is 0 Å². The molecule has 1 heterocycles. The summed E-state index contributed by atoms with van der Waals surface area (Å²) in [6, 6.07) is 32.9. The quantitative estimate of drug-likeness (QED) is 0.194. The summed E-state index contributed by atoms with van der Waals surface area (Å²) in [5.41, 5.74) is 7.04. The third-order valence-electron chi connectivity index (χ3n) is 8.93. The van der Waals surface area contributed by atoms with Crippen LogP contribution in [0.3, 0.4) is 0 Å². The third kappa shape index (κ3) is 6.86. The van der Waals surface area contributed by atoms with Gasteiger partial charge in [0.05, 0.1) is 0 Å². The molecular formula is C37H38F3N3O2. The first-order valence-electron chi connectivity index (χ1n) is 15.6. The SMILES string of the molecule is Cc1ccc2c(c1)C(CCCCN1CCN(c3ccc(-c4ccccc4)cc3)CC1)(OC(=O)NCC(F)(F)F)c1ccccc1-2. The predicted octanol–water partition coefficient (Wildman–Crippen LogP) is 8.17. The Morgan fingerprint density at radius 2 is 1.47 bits per heavy atom. The smallest absolute Gasteiger partial charge is 0.408 e. The normalized spacial score (nSPS) is 17.9. The second-order valence-corrected chi connectivity index (χ2v) is 12.0. The van der Waals surface area contributed by atoms with E-state index in [4.69, 9.17) is 4.74 Å². The van der Waals surface area contributed by atoms with E-state index in [-0.39, 0.29) is 0 Å². The second kappa shape index (κ2) is 13.0. The first kappa shape index (κ1) is 30.7. The monoisotopic (exact) mass is 613 g/mol. The molecule has 1 saturated heterocycles. The van der Waals surface area contributed by atoms with Crippen molar-refractivity contribution in [2.24, 2.45) is 0 Å². The minimum absolute atomic E-state index is 0.480. The Bertz CT molecular complexity index is 1620. The molecule has 1 aliphatic heterocycles. The Morgan fingerprint density at radius 3 is 2.20 bits per heavy atom. The van der Waals surface area contributed by atoms with E-state index in [1.807, 2.05) is 60.8 Å². The lowest BCUT2D eigenvalue weighted by Gasteiger charge is -2.36. The zero-order chi connectivity index (χ0) is 31.4. The molecule has 1 unspecified atom stereocenters. The fraction of sp³-hybridized carbons (Fsp3) is 0.324. The Labute approximate surface area is 262 Å². The topological polar surface area (TPSA) is 44.8 Å². The summed E-state index contributed by atoms with van der Waals surface area (Å²) in [6.07, 6.45) is -3.48. The van der Waals surface area contributed by atoms with E-state index in [9.17, 15) is 18.0 Å². The Kier molecular flexibility index (Phi) is 8.85. The fourth-order valence-corrected chi connectivity index (χ4v) is 6.67. The van der Waals surface area contributed by atoms with Crippen LogP contribution >= 0.6 is 0 Å². The van der Waals surface area contributed by atoms with E-state index in [0.29, 0.717) is 6.42 Å². The molecule has 0 bridgehead atoms. The number of hydrogen-bond donors (Lipinski definition) is 1. The number of nitrogens with zero attached hydrogens (tertiary/aromatic N) is 2. The van der Waals surface area contributed by atoms with Crippen molar-refractivity contribution in [2.75, 3.05) is 44.2 Å². The van der Waals surface area contributed by atoms with Gasteiger partial charge in [0.1, 0.15) is 6.54 Å². The van der Waals surface area contributed by atoms with Gasteiger partial charge in [0, 0.05) is 43.0 Å². The molecule has 5 nitrogen and oxygen atoms in total. The summed E-state index contributed by atoms with van der Waals surface area (Å²) in [4.78, 5) is 17.7. The van der Waals surface area contributed by atoms with Crippen molar-refractivity contribution in [3.63, 3.8) is 0 Å². The van der Waals surface area contributed by atoms with Crippen LogP contribution in [0, 0.1) is 6.92 Å². The van der Waals surface area contributed by atoms with Crippen LogP contribution in [0.25, 0.3) is 22.3 Å². The number of hydrogen-bond acceptors (Lipinski definition) is 4. The number of carbonyl (C=O) groups excluding carboxylic acids is 1. The number of halogens is 3. The second-order valence-electron chi connectivity index (χ2n) is 12.0. The molecule has 1 aliphatic carbocycles. The molecule has 234 valence electrons. The number of ether oxygens (including phenoxy) is 1. The molecule has 0 aromatic heterocycles. The van der Waals surface area contributed by atoms with Crippen LogP contribution in [0.2, 0.25) is 0 Å². The van der Waals surface area contributed by atoms with E-state index in [2.05, 4.69) is 58.3 Å². The number of amides is 1. The average Bonchev–Trinajstić information content (AvgIpc) is 3.31. The van der Waals surface area contributed by atoms with Gasteiger partial charge in [0.25, 0.3) is 0 Å². The molecule has 1 N–H and O–H groups in total. The van der Waals surface area contributed by atoms with Crippen molar-refractivity contribution >= 4 is 11.8 Å². The van der Waals surface area contributed by atoms with Crippen molar-refractivity contribution in [3.05, 3.63) is 114 Å². The highest BCUT2D eigenvalue weighted by Crippen LogP contribution is 2.52. The van der Waals surface area contributed by atoms with Gasteiger partial charge in [0.15, 0.2) is 5.60 Å². The first-order valence-corrected chi connectivity index (χ1v) is 15.6. The fourth-order valence-electron chi connectivity index (χ4n) is 6.67. The van der Waals surface area contributed by atoms with Gasteiger partial charge < -0.3 is 15.0 Å².